The molecule has 146 valence electrons. The van der Waals surface area contributed by atoms with E-state index in [1.165, 1.54) is 0 Å². The molecule has 0 saturated carbocycles. The standard InChI is InChI=1S/C20H29N5O2/c1-3-4-12-27-18-7-5-6-16(13-18)14-22-20(26)19-15(2)25(24-23-19)17-8-10-21-11-9-17/h5-7,13,17,21H,3-4,8-12,14H2,1-2H3,(H,22,26). The highest BCUT2D eigenvalue weighted by atomic mass is 16.5. The van der Waals surface area contributed by atoms with Gasteiger partial charge in [0.25, 0.3) is 5.91 Å². The summed E-state index contributed by atoms with van der Waals surface area (Å²) >= 11 is 0. The highest BCUT2D eigenvalue weighted by Gasteiger charge is 2.22. The molecule has 0 bridgehead atoms. The second kappa shape index (κ2) is 9.50. The van der Waals surface area contributed by atoms with Gasteiger partial charge in [-0.1, -0.05) is 30.7 Å². The summed E-state index contributed by atoms with van der Waals surface area (Å²) in [5, 5.41) is 14.6. The van der Waals surface area contributed by atoms with Crippen molar-refractivity contribution in [2.75, 3.05) is 19.7 Å². The number of carbonyl (C=O) groups is 1. The topological polar surface area (TPSA) is 81.1 Å². The Kier molecular flexibility index (Phi) is 6.81. The molecule has 27 heavy (non-hydrogen) atoms. The van der Waals surface area contributed by atoms with Gasteiger partial charge < -0.3 is 15.4 Å². The number of amides is 1. The number of hydrogen-bond acceptors (Lipinski definition) is 5. The third-order valence-corrected chi connectivity index (χ3v) is 4.92. The maximum atomic E-state index is 12.6. The van der Waals surface area contributed by atoms with E-state index in [4.69, 9.17) is 4.74 Å². The van der Waals surface area contributed by atoms with Crippen LogP contribution in [-0.4, -0.2) is 40.6 Å². The highest BCUT2D eigenvalue weighted by Crippen LogP contribution is 2.20. The zero-order valence-corrected chi connectivity index (χ0v) is 16.2. The molecule has 7 heteroatoms. The summed E-state index contributed by atoms with van der Waals surface area (Å²) in [6.07, 6.45) is 4.16. The second-order valence-electron chi connectivity index (χ2n) is 6.98. The van der Waals surface area contributed by atoms with Crippen molar-refractivity contribution in [2.45, 2.75) is 52.1 Å². The van der Waals surface area contributed by atoms with Crippen molar-refractivity contribution in [3.8, 4) is 5.75 Å². The smallest absolute Gasteiger partial charge is 0.274 e. The van der Waals surface area contributed by atoms with Gasteiger partial charge in [-0.2, -0.15) is 0 Å². The summed E-state index contributed by atoms with van der Waals surface area (Å²) in [4.78, 5) is 12.6. The summed E-state index contributed by atoms with van der Waals surface area (Å²) in [5.74, 6) is 0.647. The lowest BCUT2D eigenvalue weighted by molar-refractivity contribution is 0.0945. The molecule has 1 fully saturated rings. The van der Waals surface area contributed by atoms with Gasteiger partial charge in [-0.15, -0.1) is 5.10 Å². The molecule has 0 aliphatic carbocycles. The number of carbonyl (C=O) groups excluding carboxylic acids is 1. The van der Waals surface area contributed by atoms with E-state index in [9.17, 15) is 4.79 Å². The molecule has 1 aliphatic heterocycles. The first-order chi connectivity index (χ1) is 13.2. The zero-order chi connectivity index (χ0) is 19.1. The molecule has 2 heterocycles. The first-order valence-corrected chi connectivity index (χ1v) is 9.81. The predicted molar refractivity (Wildman–Crippen MR) is 104 cm³/mol. The van der Waals surface area contributed by atoms with E-state index < -0.39 is 0 Å². The Balaban J connectivity index is 1.58. The fraction of sp³-hybridized carbons (Fsp3) is 0.550. The Morgan fingerprint density at radius 1 is 1.37 bits per heavy atom. The summed E-state index contributed by atoms with van der Waals surface area (Å²) in [6, 6.07) is 8.15. The van der Waals surface area contributed by atoms with Crippen LogP contribution < -0.4 is 15.4 Å². The van der Waals surface area contributed by atoms with E-state index >= 15 is 0 Å². The van der Waals surface area contributed by atoms with Crippen molar-refractivity contribution in [3.05, 3.63) is 41.2 Å². The average Bonchev–Trinajstić information content (AvgIpc) is 3.09. The first-order valence-electron chi connectivity index (χ1n) is 9.81. The van der Waals surface area contributed by atoms with Gasteiger partial charge in [0.2, 0.25) is 0 Å². The summed E-state index contributed by atoms with van der Waals surface area (Å²) in [5.41, 5.74) is 2.24. The average molecular weight is 371 g/mol. The Morgan fingerprint density at radius 3 is 2.96 bits per heavy atom. The molecule has 1 aromatic carbocycles. The van der Waals surface area contributed by atoms with Gasteiger partial charge in [0, 0.05) is 6.54 Å². The minimum Gasteiger partial charge on any atom is -0.494 e. The molecule has 1 saturated heterocycles. The molecule has 2 aromatic rings. The predicted octanol–water partition coefficient (Wildman–Crippen LogP) is 2.62. The van der Waals surface area contributed by atoms with Crippen LogP contribution >= 0.6 is 0 Å². The van der Waals surface area contributed by atoms with Crippen LogP contribution in [0.1, 0.15) is 60.4 Å². The van der Waals surface area contributed by atoms with Crippen molar-refractivity contribution in [2.24, 2.45) is 0 Å². The van der Waals surface area contributed by atoms with Gasteiger partial charge in [-0.3, -0.25) is 4.79 Å². The van der Waals surface area contributed by atoms with Gasteiger partial charge >= 0.3 is 0 Å². The fourth-order valence-electron chi connectivity index (χ4n) is 3.29. The van der Waals surface area contributed by atoms with Crippen LogP contribution in [-0.2, 0) is 6.54 Å². The molecule has 0 unspecified atom stereocenters. The van der Waals surface area contributed by atoms with Crippen molar-refractivity contribution >= 4 is 5.91 Å². The zero-order valence-electron chi connectivity index (χ0n) is 16.2. The van der Waals surface area contributed by atoms with Crippen LogP contribution in [0.15, 0.2) is 24.3 Å². The lowest BCUT2D eigenvalue weighted by Gasteiger charge is -2.23. The Morgan fingerprint density at radius 2 is 2.19 bits per heavy atom. The van der Waals surface area contributed by atoms with Gasteiger partial charge in [0.05, 0.1) is 18.3 Å². The largest absolute Gasteiger partial charge is 0.494 e. The van der Waals surface area contributed by atoms with Crippen LogP contribution in [0.5, 0.6) is 5.75 Å². The Hall–Kier alpha value is -2.41. The molecule has 0 atom stereocenters. The number of nitrogens with zero attached hydrogens (tertiary/aromatic N) is 3. The minimum atomic E-state index is -0.190. The van der Waals surface area contributed by atoms with Crippen LogP contribution in [0.25, 0.3) is 0 Å². The SMILES string of the molecule is CCCCOc1cccc(CNC(=O)c2nnn(C3CCNCC3)c2C)c1. The van der Waals surface area contributed by atoms with E-state index in [-0.39, 0.29) is 5.91 Å². The number of piperidine rings is 1. The molecular weight excluding hydrogens is 342 g/mol. The van der Waals surface area contributed by atoms with E-state index in [0.29, 0.717) is 24.9 Å². The van der Waals surface area contributed by atoms with Crippen molar-refractivity contribution in [1.29, 1.82) is 0 Å². The second-order valence-corrected chi connectivity index (χ2v) is 6.98. The Labute approximate surface area is 160 Å². The van der Waals surface area contributed by atoms with Crippen LogP contribution in [0.4, 0.5) is 0 Å². The summed E-state index contributed by atoms with van der Waals surface area (Å²) in [6.45, 7) is 7.15. The van der Waals surface area contributed by atoms with E-state index in [2.05, 4.69) is 27.9 Å². The van der Waals surface area contributed by atoms with Crippen LogP contribution in [0.3, 0.4) is 0 Å². The number of unbranched alkanes of at least 4 members (excludes halogenated alkanes) is 1. The molecule has 1 amide bonds. The lowest BCUT2D eigenvalue weighted by Crippen LogP contribution is -2.30. The number of aromatic nitrogens is 3. The third kappa shape index (κ3) is 5.07. The molecule has 1 aliphatic rings. The molecule has 2 N–H and O–H groups in total. The lowest BCUT2D eigenvalue weighted by atomic mass is 10.1. The van der Waals surface area contributed by atoms with Crippen molar-refractivity contribution < 1.29 is 9.53 Å². The maximum Gasteiger partial charge on any atom is 0.274 e. The molecule has 0 spiro atoms. The number of rotatable bonds is 8. The fourth-order valence-corrected chi connectivity index (χ4v) is 3.29. The van der Waals surface area contributed by atoms with Crippen LogP contribution in [0.2, 0.25) is 0 Å². The van der Waals surface area contributed by atoms with Crippen molar-refractivity contribution in [1.82, 2.24) is 25.6 Å². The maximum absolute atomic E-state index is 12.6. The summed E-state index contributed by atoms with van der Waals surface area (Å²) in [7, 11) is 0. The minimum absolute atomic E-state index is 0.190. The van der Waals surface area contributed by atoms with Crippen molar-refractivity contribution in [3.63, 3.8) is 0 Å². The summed E-state index contributed by atoms with van der Waals surface area (Å²) < 4.78 is 7.63. The Bertz CT molecular complexity index is 753. The van der Waals surface area contributed by atoms with Gasteiger partial charge in [-0.25, -0.2) is 4.68 Å². The molecule has 7 nitrogen and oxygen atoms in total. The monoisotopic (exact) mass is 371 g/mol. The number of ether oxygens (including phenoxy) is 1. The van der Waals surface area contributed by atoms with Gasteiger partial charge in [0.15, 0.2) is 5.69 Å². The molecule has 0 radical (unpaired) electrons. The van der Waals surface area contributed by atoms with Gasteiger partial charge in [-0.05, 0) is 57.0 Å². The van der Waals surface area contributed by atoms with E-state index in [1.807, 2.05) is 35.9 Å². The number of benzene rings is 1. The number of hydrogen-bond donors (Lipinski definition) is 2. The molecule has 1 aromatic heterocycles. The first kappa shape index (κ1) is 19.4. The normalized spacial score (nSPS) is 14.9. The molecular formula is C20H29N5O2. The third-order valence-electron chi connectivity index (χ3n) is 4.92. The number of nitrogens with one attached hydrogen (secondary N) is 2. The van der Waals surface area contributed by atoms with Crippen LogP contribution in [0, 0.1) is 6.92 Å². The molecule has 3 rings (SSSR count). The van der Waals surface area contributed by atoms with Gasteiger partial charge in [0.1, 0.15) is 5.75 Å². The highest BCUT2D eigenvalue weighted by molar-refractivity contribution is 5.93. The van der Waals surface area contributed by atoms with E-state index in [1.54, 1.807) is 0 Å². The quantitative estimate of drug-likeness (QED) is 0.697. The van der Waals surface area contributed by atoms with E-state index in [0.717, 1.165) is 55.8 Å².